The lowest BCUT2D eigenvalue weighted by atomic mass is 10.2. The number of carbonyl (C=O) groups is 2. The van der Waals surface area contributed by atoms with E-state index in [4.69, 9.17) is 20.6 Å². The first-order valence-corrected chi connectivity index (χ1v) is 13.2. The van der Waals surface area contributed by atoms with E-state index in [0.717, 1.165) is 0 Å². The molecular formula is C22H29ClN5O5P. The number of nitrogens with one attached hydrogen (secondary N) is 2. The van der Waals surface area contributed by atoms with E-state index in [0.29, 0.717) is 31.7 Å². The second-order valence-electron chi connectivity index (χ2n) is 7.50. The molecular weight excluding hydrogens is 481 g/mol. The van der Waals surface area contributed by atoms with Crippen LogP contribution in [-0.4, -0.2) is 78.3 Å². The number of nitrogens with zero attached hydrogens (tertiary/aromatic N) is 3. The van der Waals surface area contributed by atoms with Gasteiger partial charge >= 0.3 is 7.60 Å². The van der Waals surface area contributed by atoms with E-state index >= 15 is 0 Å². The summed E-state index contributed by atoms with van der Waals surface area (Å²) in [4.78, 5) is 36.6. The molecule has 184 valence electrons. The highest BCUT2D eigenvalue weighted by molar-refractivity contribution is 7.54. The predicted octanol–water partition coefficient (Wildman–Crippen LogP) is 2.59. The Morgan fingerprint density at radius 1 is 1.15 bits per heavy atom. The molecule has 0 aliphatic carbocycles. The number of piperazine rings is 1. The molecule has 10 nitrogen and oxygen atoms in total. The zero-order valence-corrected chi connectivity index (χ0v) is 20.8. The Morgan fingerprint density at radius 2 is 1.79 bits per heavy atom. The van der Waals surface area contributed by atoms with Crippen molar-refractivity contribution in [1.29, 1.82) is 0 Å². The number of amides is 2. The van der Waals surface area contributed by atoms with Crippen LogP contribution in [0.1, 0.15) is 24.3 Å². The molecule has 1 saturated heterocycles. The third-order valence-corrected chi connectivity index (χ3v) is 7.36. The fourth-order valence-electron chi connectivity index (χ4n) is 3.53. The maximum atomic E-state index is 13.3. The van der Waals surface area contributed by atoms with Crippen molar-refractivity contribution >= 4 is 31.0 Å². The Balaban J connectivity index is 1.87. The lowest BCUT2D eigenvalue weighted by molar-refractivity contribution is -0.133. The maximum Gasteiger partial charge on any atom is 0.333 e. The van der Waals surface area contributed by atoms with Crippen LogP contribution in [0.3, 0.4) is 0 Å². The fourth-order valence-corrected chi connectivity index (χ4v) is 5.48. The van der Waals surface area contributed by atoms with Crippen LogP contribution in [0.4, 0.5) is 0 Å². The molecule has 1 aromatic carbocycles. The number of hydrogen-bond donors (Lipinski definition) is 2. The largest absolute Gasteiger partial charge is 0.338 e. The van der Waals surface area contributed by atoms with Crippen LogP contribution in [0, 0.1) is 0 Å². The van der Waals surface area contributed by atoms with Crippen molar-refractivity contribution in [2.45, 2.75) is 19.9 Å². The lowest BCUT2D eigenvalue weighted by Gasteiger charge is -2.32. The average Bonchev–Trinajstić information content (AvgIpc) is 2.84. The Hall–Kier alpha value is -2.36. The van der Waals surface area contributed by atoms with Gasteiger partial charge < -0.3 is 24.6 Å². The first-order valence-electron chi connectivity index (χ1n) is 11.1. The molecule has 1 aliphatic heterocycles. The molecule has 1 atom stereocenters. The van der Waals surface area contributed by atoms with E-state index in [1.54, 1.807) is 30.9 Å². The van der Waals surface area contributed by atoms with Gasteiger partial charge in [-0.1, -0.05) is 41.9 Å². The van der Waals surface area contributed by atoms with Gasteiger partial charge in [-0.05, 0) is 13.8 Å². The molecule has 2 aromatic rings. The molecule has 0 bridgehead atoms. The van der Waals surface area contributed by atoms with Crippen molar-refractivity contribution in [1.82, 2.24) is 25.5 Å². The van der Waals surface area contributed by atoms with E-state index in [9.17, 15) is 14.2 Å². The van der Waals surface area contributed by atoms with E-state index in [1.165, 1.54) is 6.07 Å². The molecule has 1 aliphatic rings. The van der Waals surface area contributed by atoms with Gasteiger partial charge in [0.1, 0.15) is 16.9 Å². The average molecular weight is 510 g/mol. The van der Waals surface area contributed by atoms with Gasteiger partial charge in [0, 0.05) is 37.8 Å². The van der Waals surface area contributed by atoms with E-state index in [2.05, 4.69) is 20.6 Å². The summed E-state index contributed by atoms with van der Waals surface area (Å²) in [7, 11) is -3.63. The van der Waals surface area contributed by atoms with Gasteiger partial charge in [-0.25, -0.2) is 9.97 Å². The van der Waals surface area contributed by atoms with Crippen LogP contribution in [0.5, 0.6) is 0 Å². The molecule has 0 saturated carbocycles. The summed E-state index contributed by atoms with van der Waals surface area (Å²) in [5.41, 5.74) is 0.671. The standard InChI is InChI=1S/C22H29ClN5O5P/c1-3-32-34(31,33-4-2)15-18(22(30)28-12-10-24-11-13-28)26-21(29)17-14-19(23)27-20(25-17)16-8-6-5-7-9-16/h5-9,14,18,24H,3-4,10-13,15H2,1-2H3,(H,26,29). The van der Waals surface area contributed by atoms with Gasteiger partial charge in [-0.3, -0.25) is 14.2 Å². The summed E-state index contributed by atoms with van der Waals surface area (Å²) in [5.74, 6) is -0.732. The highest BCUT2D eigenvalue weighted by atomic mass is 35.5. The van der Waals surface area contributed by atoms with Crippen LogP contribution in [0.2, 0.25) is 5.15 Å². The molecule has 1 unspecified atom stereocenters. The molecule has 0 spiro atoms. The third kappa shape index (κ3) is 7.07. The van der Waals surface area contributed by atoms with Crippen molar-refractivity contribution in [2.24, 2.45) is 0 Å². The first kappa shape index (κ1) is 26.2. The Labute approximate surface area is 203 Å². The number of benzene rings is 1. The highest BCUT2D eigenvalue weighted by Gasteiger charge is 2.36. The van der Waals surface area contributed by atoms with E-state index in [1.807, 2.05) is 18.2 Å². The van der Waals surface area contributed by atoms with Crippen LogP contribution < -0.4 is 10.6 Å². The van der Waals surface area contributed by atoms with Crippen LogP contribution in [-0.2, 0) is 18.4 Å². The summed E-state index contributed by atoms with van der Waals surface area (Å²) in [5, 5.41) is 5.93. The SMILES string of the molecule is CCOP(=O)(CC(NC(=O)c1cc(Cl)nc(-c2ccccc2)n1)C(=O)N1CCNCC1)OCC. The fraction of sp³-hybridized carbons (Fsp3) is 0.455. The van der Waals surface area contributed by atoms with Crippen molar-refractivity contribution < 1.29 is 23.2 Å². The molecule has 12 heteroatoms. The van der Waals surface area contributed by atoms with Gasteiger partial charge in [-0.15, -0.1) is 0 Å². The van der Waals surface area contributed by atoms with Gasteiger partial charge in [0.15, 0.2) is 5.82 Å². The summed E-state index contributed by atoms with van der Waals surface area (Å²) < 4.78 is 23.9. The topological polar surface area (TPSA) is 123 Å². The number of hydrogen-bond acceptors (Lipinski definition) is 8. The number of rotatable bonds is 10. The van der Waals surface area contributed by atoms with Crippen molar-refractivity contribution in [3.05, 3.63) is 47.2 Å². The Morgan fingerprint density at radius 3 is 2.41 bits per heavy atom. The molecule has 1 aromatic heterocycles. The minimum Gasteiger partial charge on any atom is -0.338 e. The predicted molar refractivity (Wildman–Crippen MR) is 129 cm³/mol. The van der Waals surface area contributed by atoms with Gasteiger partial charge in [0.25, 0.3) is 5.91 Å². The molecule has 2 amide bonds. The molecule has 2 heterocycles. The van der Waals surface area contributed by atoms with Crippen LogP contribution in [0.25, 0.3) is 11.4 Å². The van der Waals surface area contributed by atoms with Gasteiger partial charge in [-0.2, -0.15) is 0 Å². The first-order chi connectivity index (χ1) is 16.3. The van der Waals surface area contributed by atoms with Crippen molar-refractivity contribution in [3.8, 4) is 11.4 Å². The summed E-state index contributed by atoms with van der Waals surface area (Å²) in [6, 6.07) is 9.27. The van der Waals surface area contributed by atoms with Crippen LogP contribution >= 0.6 is 19.2 Å². The normalized spacial score (nSPS) is 15.1. The van der Waals surface area contributed by atoms with Gasteiger partial charge in [0.2, 0.25) is 5.91 Å². The minimum absolute atomic E-state index is 0.0142. The van der Waals surface area contributed by atoms with Crippen molar-refractivity contribution in [3.63, 3.8) is 0 Å². The van der Waals surface area contributed by atoms with Crippen molar-refractivity contribution in [2.75, 3.05) is 45.6 Å². The summed E-state index contributed by atoms with van der Waals surface area (Å²) >= 11 is 6.16. The number of carbonyl (C=O) groups excluding carboxylic acids is 2. The second-order valence-corrected chi connectivity index (χ2v) is 9.99. The number of aromatic nitrogens is 2. The molecule has 34 heavy (non-hydrogen) atoms. The minimum atomic E-state index is -3.63. The third-order valence-electron chi connectivity index (χ3n) is 5.05. The van der Waals surface area contributed by atoms with Crippen LogP contribution in [0.15, 0.2) is 36.4 Å². The monoisotopic (exact) mass is 509 g/mol. The van der Waals surface area contributed by atoms with E-state index < -0.39 is 19.5 Å². The molecule has 2 N–H and O–H groups in total. The smallest absolute Gasteiger partial charge is 0.333 e. The van der Waals surface area contributed by atoms with Gasteiger partial charge in [0.05, 0.1) is 19.4 Å². The quantitative estimate of drug-likeness (QED) is 0.370. The zero-order valence-electron chi connectivity index (χ0n) is 19.2. The molecule has 3 rings (SSSR count). The Bertz CT molecular complexity index is 1030. The summed E-state index contributed by atoms with van der Waals surface area (Å²) in [6.45, 7) is 5.85. The molecule has 0 radical (unpaired) electrons. The summed E-state index contributed by atoms with van der Waals surface area (Å²) in [6.07, 6.45) is -0.298. The number of halogens is 1. The lowest BCUT2D eigenvalue weighted by Crippen LogP contribution is -2.55. The van der Waals surface area contributed by atoms with E-state index in [-0.39, 0.29) is 42.0 Å². The Kier molecular flexibility index (Phi) is 9.55. The second kappa shape index (κ2) is 12.4. The highest BCUT2D eigenvalue weighted by Crippen LogP contribution is 2.48. The molecule has 1 fully saturated rings. The zero-order chi connectivity index (χ0) is 24.6. The maximum absolute atomic E-state index is 13.3.